The lowest BCUT2D eigenvalue weighted by Crippen LogP contribution is -2.37. The molecule has 3 heteroatoms. The zero-order chi connectivity index (χ0) is 11.5. The maximum Gasteiger partial charge on any atom is 0.0693 e. The molecule has 2 nitrogen and oxygen atoms in total. The Kier molecular flexibility index (Phi) is 3.85. The molecular formula is C13H18ClNO. The number of rotatable bonds is 3. The summed E-state index contributed by atoms with van der Waals surface area (Å²) in [4.78, 5) is 0. The van der Waals surface area contributed by atoms with E-state index in [1.807, 2.05) is 24.3 Å². The molecule has 0 aromatic heterocycles. The molecule has 0 saturated heterocycles. The Morgan fingerprint density at radius 2 is 2.12 bits per heavy atom. The normalized spacial score (nSPS) is 26.9. The zero-order valence-corrected chi connectivity index (χ0v) is 10.2. The van der Waals surface area contributed by atoms with Gasteiger partial charge in [0.25, 0.3) is 0 Å². The molecule has 1 saturated carbocycles. The van der Waals surface area contributed by atoms with E-state index in [1.165, 1.54) is 0 Å². The van der Waals surface area contributed by atoms with E-state index in [0.717, 1.165) is 29.8 Å². The van der Waals surface area contributed by atoms with E-state index in [4.69, 9.17) is 11.6 Å². The first kappa shape index (κ1) is 11.9. The molecule has 1 aliphatic carbocycles. The second-order valence-corrected chi connectivity index (χ2v) is 4.92. The summed E-state index contributed by atoms with van der Waals surface area (Å²) in [6, 6.07) is 8.26. The lowest BCUT2D eigenvalue weighted by molar-refractivity contribution is 0.144. The van der Waals surface area contributed by atoms with Crippen LogP contribution in [-0.2, 0) is 0 Å². The van der Waals surface area contributed by atoms with Gasteiger partial charge in [0, 0.05) is 17.1 Å². The minimum Gasteiger partial charge on any atom is -0.392 e. The van der Waals surface area contributed by atoms with E-state index < -0.39 is 0 Å². The predicted molar refractivity (Wildman–Crippen MR) is 66.6 cm³/mol. The van der Waals surface area contributed by atoms with Crippen LogP contribution in [0.1, 0.15) is 37.8 Å². The molecule has 0 radical (unpaired) electrons. The molecule has 2 rings (SSSR count). The van der Waals surface area contributed by atoms with E-state index >= 15 is 0 Å². The number of halogens is 1. The molecule has 1 aromatic rings. The third kappa shape index (κ3) is 2.57. The minimum atomic E-state index is -0.204. The molecule has 1 fully saturated rings. The smallest absolute Gasteiger partial charge is 0.0693 e. The van der Waals surface area contributed by atoms with Gasteiger partial charge in [0.15, 0.2) is 0 Å². The molecule has 2 N–H and O–H groups in total. The van der Waals surface area contributed by atoms with E-state index in [0.29, 0.717) is 0 Å². The Hall–Kier alpha value is -0.570. The van der Waals surface area contributed by atoms with Crippen LogP contribution in [0.2, 0.25) is 5.02 Å². The van der Waals surface area contributed by atoms with Crippen LogP contribution >= 0.6 is 11.6 Å². The van der Waals surface area contributed by atoms with E-state index in [-0.39, 0.29) is 18.2 Å². The summed E-state index contributed by atoms with van der Waals surface area (Å²) in [7, 11) is 0. The van der Waals surface area contributed by atoms with Crippen LogP contribution in [0.25, 0.3) is 0 Å². The van der Waals surface area contributed by atoms with Crippen molar-refractivity contribution in [3.63, 3.8) is 0 Å². The van der Waals surface area contributed by atoms with Crippen LogP contribution < -0.4 is 5.32 Å². The molecule has 0 amide bonds. The fourth-order valence-electron chi connectivity index (χ4n) is 2.37. The summed E-state index contributed by atoms with van der Waals surface area (Å²) in [6.45, 7) is 2.09. The summed E-state index contributed by atoms with van der Waals surface area (Å²) in [5.41, 5.74) is 1.10. The lowest BCUT2D eigenvalue weighted by atomic mass is 10.1. The molecule has 1 aromatic carbocycles. The van der Waals surface area contributed by atoms with E-state index in [1.54, 1.807) is 0 Å². The van der Waals surface area contributed by atoms with Crippen molar-refractivity contribution in [3.05, 3.63) is 34.9 Å². The maximum atomic E-state index is 9.76. The van der Waals surface area contributed by atoms with Crippen LogP contribution in [0, 0.1) is 0 Å². The van der Waals surface area contributed by atoms with Crippen LogP contribution in [-0.4, -0.2) is 17.3 Å². The molecule has 0 spiro atoms. The average molecular weight is 240 g/mol. The van der Waals surface area contributed by atoms with Gasteiger partial charge in [-0.2, -0.15) is 0 Å². The Morgan fingerprint density at radius 3 is 2.75 bits per heavy atom. The lowest BCUT2D eigenvalue weighted by Gasteiger charge is -2.23. The fraction of sp³-hybridized carbons (Fsp3) is 0.538. The number of hydrogen-bond acceptors (Lipinski definition) is 2. The third-order valence-electron chi connectivity index (χ3n) is 3.32. The van der Waals surface area contributed by atoms with Gasteiger partial charge in [-0.25, -0.2) is 0 Å². The van der Waals surface area contributed by atoms with Gasteiger partial charge in [-0.05, 0) is 37.8 Å². The highest BCUT2D eigenvalue weighted by atomic mass is 35.5. The van der Waals surface area contributed by atoms with Crippen molar-refractivity contribution in [3.8, 4) is 0 Å². The van der Waals surface area contributed by atoms with Crippen LogP contribution in [0.3, 0.4) is 0 Å². The highest BCUT2D eigenvalue weighted by Crippen LogP contribution is 2.26. The monoisotopic (exact) mass is 239 g/mol. The van der Waals surface area contributed by atoms with E-state index in [2.05, 4.69) is 12.2 Å². The van der Waals surface area contributed by atoms with Gasteiger partial charge >= 0.3 is 0 Å². The van der Waals surface area contributed by atoms with Crippen LogP contribution in [0.5, 0.6) is 0 Å². The quantitative estimate of drug-likeness (QED) is 0.850. The summed E-state index contributed by atoms with van der Waals surface area (Å²) in [6.07, 6.45) is 2.86. The van der Waals surface area contributed by atoms with Gasteiger partial charge in [0.1, 0.15) is 0 Å². The van der Waals surface area contributed by atoms with E-state index in [9.17, 15) is 5.11 Å². The van der Waals surface area contributed by atoms with Gasteiger partial charge in [-0.3, -0.25) is 0 Å². The van der Waals surface area contributed by atoms with Crippen LogP contribution in [0.15, 0.2) is 24.3 Å². The SMILES string of the molecule is C[C@@H](N[C@H]1CCC[C@@H]1O)c1ccccc1Cl. The Balaban J connectivity index is 2.03. The van der Waals surface area contributed by atoms with Gasteiger partial charge in [-0.1, -0.05) is 29.8 Å². The molecule has 0 bridgehead atoms. The molecule has 16 heavy (non-hydrogen) atoms. The number of nitrogens with one attached hydrogen (secondary N) is 1. The summed E-state index contributed by atoms with van der Waals surface area (Å²) in [5.74, 6) is 0. The van der Waals surface area contributed by atoms with Crippen molar-refractivity contribution < 1.29 is 5.11 Å². The summed E-state index contributed by atoms with van der Waals surface area (Å²) in [5, 5.41) is 14.0. The molecule has 0 heterocycles. The van der Waals surface area contributed by atoms with Crippen LogP contribution in [0.4, 0.5) is 0 Å². The average Bonchev–Trinajstić information content (AvgIpc) is 2.65. The number of benzene rings is 1. The van der Waals surface area contributed by atoms with Crippen molar-refractivity contribution in [2.75, 3.05) is 0 Å². The highest BCUT2D eigenvalue weighted by Gasteiger charge is 2.26. The van der Waals surface area contributed by atoms with Crippen molar-refractivity contribution in [2.24, 2.45) is 0 Å². The van der Waals surface area contributed by atoms with Crippen molar-refractivity contribution >= 4 is 11.6 Å². The Labute approximate surface area is 102 Å². The molecule has 0 unspecified atom stereocenters. The van der Waals surface area contributed by atoms with Gasteiger partial charge in [0.2, 0.25) is 0 Å². The van der Waals surface area contributed by atoms with Crippen molar-refractivity contribution in [1.29, 1.82) is 0 Å². The molecular weight excluding hydrogens is 222 g/mol. The standard InChI is InChI=1S/C13H18ClNO/c1-9(10-5-2-3-6-11(10)14)15-12-7-4-8-13(12)16/h2-3,5-6,9,12-13,15-16H,4,7-8H2,1H3/t9-,12+,13+/m1/s1. The second-order valence-electron chi connectivity index (χ2n) is 4.51. The first-order chi connectivity index (χ1) is 7.68. The molecule has 3 atom stereocenters. The first-order valence-corrected chi connectivity index (χ1v) is 6.25. The number of aliphatic hydroxyl groups excluding tert-OH is 1. The molecule has 1 aliphatic rings. The maximum absolute atomic E-state index is 9.76. The fourth-order valence-corrected chi connectivity index (χ4v) is 2.67. The van der Waals surface area contributed by atoms with Gasteiger partial charge < -0.3 is 10.4 Å². The third-order valence-corrected chi connectivity index (χ3v) is 3.66. The van der Waals surface area contributed by atoms with Gasteiger partial charge in [0.05, 0.1) is 6.10 Å². The Morgan fingerprint density at radius 1 is 1.38 bits per heavy atom. The minimum absolute atomic E-state index is 0.187. The number of aliphatic hydroxyl groups is 1. The summed E-state index contributed by atoms with van der Waals surface area (Å²) >= 11 is 6.14. The summed E-state index contributed by atoms with van der Waals surface area (Å²) < 4.78 is 0. The van der Waals surface area contributed by atoms with Crippen molar-refractivity contribution in [2.45, 2.75) is 44.4 Å². The van der Waals surface area contributed by atoms with Gasteiger partial charge in [-0.15, -0.1) is 0 Å². The first-order valence-electron chi connectivity index (χ1n) is 5.87. The molecule has 88 valence electrons. The highest BCUT2D eigenvalue weighted by molar-refractivity contribution is 6.31. The zero-order valence-electron chi connectivity index (χ0n) is 9.49. The largest absolute Gasteiger partial charge is 0.392 e. The molecule has 0 aliphatic heterocycles. The Bertz CT molecular complexity index is 356. The van der Waals surface area contributed by atoms with Crippen molar-refractivity contribution in [1.82, 2.24) is 5.32 Å². The number of hydrogen-bond donors (Lipinski definition) is 2. The second kappa shape index (κ2) is 5.17. The predicted octanol–water partition coefficient (Wildman–Crippen LogP) is 2.90. The topological polar surface area (TPSA) is 32.3 Å².